The minimum absolute atomic E-state index is 0.331. The van der Waals surface area contributed by atoms with Crippen molar-refractivity contribution in [2.75, 3.05) is 12.3 Å². The highest BCUT2D eigenvalue weighted by atomic mass is 32.2. The molecule has 2 aromatic carbocycles. The zero-order valence-corrected chi connectivity index (χ0v) is 12.4. The van der Waals surface area contributed by atoms with Gasteiger partial charge in [-0.2, -0.15) is 0 Å². The van der Waals surface area contributed by atoms with Crippen molar-refractivity contribution in [2.24, 2.45) is 0 Å². The molecule has 0 fully saturated rings. The highest BCUT2D eigenvalue weighted by Gasteiger charge is 2.11. The summed E-state index contributed by atoms with van der Waals surface area (Å²) < 4.78 is 12.4. The molecule has 0 aliphatic rings. The van der Waals surface area contributed by atoms with Crippen LogP contribution in [0.1, 0.15) is 20.3 Å². The SMILES string of the molecule is CCNC(CC)CS(=O)c1ccc2ccccc2c1. The van der Waals surface area contributed by atoms with E-state index in [-0.39, 0.29) is 0 Å². The van der Waals surface area contributed by atoms with Crippen LogP contribution in [0, 0.1) is 0 Å². The summed E-state index contributed by atoms with van der Waals surface area (Å²) >= 11 is 0. The molecule has 0 radical (unpaired) electrons. The van der Waals surface area contributed by atoms with Crippen LogP contribution >= 0.6 is 0 Å². The van der Waals surface area contributed by atoms with Gasteiger partial charge in [0.15, 0.2) is 0 Å². The quantitative estimate of drug-likeness (QED) is 0.876. The molecule has 0 aliphatic carbocycles. The van der Waals surface area contributed by atoms with E-state index >= 15 is 0 Å². The maximum absolute atomic E-state index is 12.4. The van der Waals surface area contributed by atoms with Gasteiger partial charge in [-0.15, -0.1) is 0 Å². The van der Waals surface area contributed by atoms with Gasteiger partial charge >= 0.3 is 0 Å². The van der Waals surface area contributed by atoms with Crippen molar-refractivity contribution in [2.45, 2.75) is 31.2 Å². The van der Waals surface area contributed by atoms with Gasteiger partial charge in [0.2, 0.25) is 0 Å². The molecule has 0 aromatic heterocycles. The molecule has 102 valence electrons. The molecular weight excluding hydrogens is 254 g/mol. The van der Waals surface area contributed by atoms with Crippen LogP contribution in [0.15, 0.2) is 47.4 Å². The van der Waals surface area contributed by atoms with Gasteiger partial charge in [0.05, 0.1) is 10.8 Å². The Morgan fingerprint density at radius 1 is 1.11 bits per heavy atom. The van der Waals surface area contributed by atoms with Crippen molar-refractivity contribution in [3.8, 4) is 0 Å². The summed E-state index contributed by atoms with van der Waals surface area (Å²) in [6, 6.07) is 14.6. The van der Waals surface area contributed by atoms with Crippen LogP contribution in [0.2, 0.25) is 0 Å². The molecule has 1 N–H and O–H groups in total. The summed E-state index contributed by atoms with van der Waals surface area (Å²) in [6.07, 6.45) is 1.01. The van der Waals surface area contributed by atoms with E-state index in [1.165, 1.54) is 5.39 Å². The Labute approximate surface area is 117 Å². The summed E-state index contributed by atoms with van der Waals surface area (Å²) in [4.78, 5) is 0.926. The maximum Gasteiger partial charge on any atom is 0.0545 e. The minimum atomic E-state index is -0.933. The lowest BCUT2D eigenvalue weighted by Gasteiger charge is -2.15. The van der Waals surface area contributed by atoms with E-state index in [2.05, 4.69) is 37.4 Å². The Morgan fingerprint density at radius 3 is 2.53 bits per heavy atom. The first kappa shape index (κ1) is 14.2. The van der Waals surface area contributed by atoms with Crippen LogP contribution in [0.3, 0.4) is 0 Å². The predicted molar refractivity (Wildman–Crippen MR) is 83.0 cm³/mol. The highest BCUT2D eigenvalue weighted by Crippen LogP contribution is 2.18. The monoisotopic (exact) mass is 275 g/mol. The third kappa shape index (κ3) is 3.64. The van der Waals surface area contributed by atoms with Gasteiger partial charge < -0.3 is 5.32 Å². The lowest BCUT2D eigenvalue weighted by atomic mass is 10.1. The Morgan fingerprint density at radius 2 is 1.84 bits per heavy atom. The third-order valence-corrected chi connectivity index (χ3v) is 4.81. The lowest BCUT2D eigenvalue weighted by molar-refractivity contribution is 0.553. The van der Waals surface area contributed by atoms with Gasteiger partial charge in [-0.25, -0.2) is 0 Å². The van der Waals surface area contributed by atoms with Gasteiger partial charge in [-0.05, 0) is 35.9 Å². The standard InChI is InChI=1S/C16H21NOS/c1-3-15(17-4-2)12-19(18)16-10-9-13-7-5-6-8-14(13)11-16/h5-11,15,17H,3-4,12H2,1-2H3. The summed E-state index contributed by atoms with van der Waals surface area (Å²) in [5.74, 6) is 0.683. The van der Waals surface area contributed by atoms with Crippen LogP contribution in [0.5, 0.6) is 0 Å². The number of nitrogens with one attached hydrogen (secondary N) is 1. The van der Waals surface area contributed by atoms with E-state index in [0.29, 0.717) is 11.8 Å². The average Bonchev–Trinajstić information content (AvgIpc) is 2.46. The molecule has 2 nitrogen and oxygen atoms in total. The van der Waals surface area contributed by atoms with Gasteiger partial charge in [-0.1, -0.05) is 44.2 Å². The first-order valence-corrected chi connectivity index (χ1v) is 8.17. The van der Waals surface area contributed by atoms with Crippen LogP contribution in [0.25, 0.3) is 10.8 Å². The maximum atomic E-state index is 12.4. The van der Waals surface area contributed by atoms with Gasteiger partial charge in [0.1, 0.15) is 0 Å². The van der Waals surface area contributed by atoms with E-state index in [4.69, 9.17) is 0 Å². The van der Waals surface area contributed by atoms with Crippen LogP contribution in [-0.2, 0) is 10.8 Å². The Kier molecular flexibility index (Phi) is 5.11. The second-order valence-corrected chi connectivity index (χ2v) is 6.18. The zero-order valence-electron chi connectivity index (χ0n) is 11.6. The molecule has 3 heteroatoms. The summed E-state index contributed by atoms with van der Waals surface area (Å²) in [6.45, 7) is 5.14. The second kappa shape index (κ2) is 6.83. The van der Waals surface area contributed by atoms with Crippen molar-refractivity contribution in [1.29, 1.82) is 0 Å². The normalized spacial score (nSPS) is 14.4. The molecule has 2 rings (SSSR count). The number of fused-ring (bicyclic) bond motifs is 1. The number of hydrogen-bond donors (Lipinski definition) is 1. The predicted octanol–water partition coefficient (Wildman–Crippen LogP) is 3.34. The van der Waals surface area contributed by atoms with Crippen molar-refractivity contribution >= 4 is 21.6 Å². The van der Waals surface area contributed by atoms with Crippen LogP contribution < -0.4 is 5.32 Å². The Bertz CT molecular complexity index is 567. The molecule has 2 aromatic rings. The van der Waals surface area contributed by atoms with E-state index < -0.39 is 10.8 Å². The van der Waals surface area contributed by atoms with Gasteiger partial charge in [-0.3, -0.25) is 4.21 Å². The van der Waals surface area contributed by atoms with Gasteiger partial charge in [0.25, 0.3) is 0 Å². The lowest BCUT2D eigenvalue weighted by Crippen LogP contribution is -2.33. The minimum Gasteiger partial charge on any atom is -0.313 e. The topological polar surface area (TPSA) is 29.1 Å². The van der Waals surface area contributed by atoms with E-state index in [1.807, 2.05) is 24.3 Å². The second-order valence-electron chi connectivity index (χ2n) is 4.68. The smallest absolute Gasteiger partial charge is 0.0545 e. The van der Waals surface area contributed by atoms with E-state index in [9.17, 15) is 4.21 Å². The van der Waals surface area contributed by atoms with Crippen molar-refractivity contribution < 1.29 is 4.21 Å². The van der Waals surface area contributed by atoms with Crippen molar-refractivity contribution in [3.63, 3.8) is 0 Å². The number of hydrogen-bond acceptors (Lipinski definition) is 2. The summed E-state index contributed by atoms with van der Waals surface area (Å²) in [7, 11) is -0.933. The molecule has 2 atom stereocenters. The highest BCUT2D eigenvalue weighted by molar-refractivity contribution is 7.85. The molecule has 0 spiro atoms. The molecule has 2 unspecified atom stereocenters. The van der Waals surface area contributed by atoms with Crippen molar-refractivity contribution in [1.82, 2.24) is 5.32 Å². The summed E-state index contributed by atoms with van der Waals surface area (Å²) in [5, 5.41) is 5.73. The molecular formula is C16H21NOS. The Hall–Kier alpha value is -1.19. The zero-order chi connectivity index (χ0) is 13.7. The summed E-state index contributed by atoms with van der Waals surface area (Å²) in [5.41, 5.74) is 0. The van der Waals surface area contributed by atoms with Crippen LogP contribution in [0.4, 0.5) is 0 Å². The molecule has 0 heterocycles. The first-order chi connectivity index (χ1) is 9.24. The van der Waals surface area contributed by atoms with Gasteiger partial charge in [0, 0.05) is 16.7 Å². The largest absolute Gasteiger partial charge is 0.313 e. The fraction of sp³-hybridized carbons (Fsp3) is 0.375. The third-order valence-electron chi connectivity index (χ3n) is 3.32. The van der Waals surface area contributed by atoms with Crippen LogP contribution in [-0.4, -0.2) is 22.5 Å². The fourth-order valence-electron chi connectivity index (χ4n) is 2.20. The molecule has 19 heavy (non-hydrogen) atoms. The molecule has 0 saturated heterocycles. The van der Waals surface area contributed by atoms with E-state index in [0.717, 1.165) is 23.2 Å². The van der Waals surface area contributed by atoms with Crippen molar-refractivity contribution in [3.05, 3.63) is 42.5 Å². The fourth-order valence-corrected chi connectivity index (χ4v) is 3.59. The molecule has 0 amide bonds. The number of benzene rings is 2. The van der Waals surface area contributed by atoms with E-state index in [1.54, 1.807) is 0 Å². The number of rotatable bonds is 6. The average molecular weight is 275 g/mol. The Balaban J connectivity index is 2.16. The molecule has 0 aliphatic heterocycles. The molecule has 0 bridgehead atoms. The first-order valence-electron chi connectivity index (χ1n) is 6.85. The molecule has 0 saturated carbocycles.